The molecule has 0 aliphatic rings. The molecule has 2 aromatic rings. The summed E-state index contributed by atoms with van der Waals surface area (Å²) in [6, 6.07) is 8.18. The summed E-state index contributed by atoms with van der Waals surface area (Å²) in [4.78, 5) is 0. The first-order chi connectivity index (χ1) is 9.63. The van der Waals surface area contributed by atoms with Crippen molar-refractivity contribution in [3.8, 4) is 0 Å². The smallest absolute Gasteiger partial charge is 0.170 e. The van der Waals surface area contributed by atoms with Crippen LogP contribution in [0.2, 0.25) is 0 Å². The number of aromatic nitrogens is 2. The molecule has 0 saturated heterocycles. The van der Waals surface area contributed by atoms with Crippen LogP contribution in [-0.2, 0) is 6.54 Å². The van der Waals surface area contributed by atoms with Crippen LogP contribution >= 0.6 is 12.2 Å². The van der Waals surface area contributed by atoms with Crippen molar-refractivity contribution in [3.05, 3.63) is 48.0 Å². The van der Waals surface area contributed by atoms with E-state index in [1.54, 1.807) is 12.1 Å². The normalized spacial score (nSPS) is 10.3. The van der Waals surface area contributed by atoms with Gasteiger partial charge in [-0.25, -0.2) is 4.39 Å². The van der Waals surface area contributed by atoms with E-state index in [1.165, 1.54) is 12.1 Å². The lowest BCUT2D eigenvalue weighted by atomic mass is 10.3. The van der Waals surface area contributed by atoms with Gasteiger partial charge in [0.1, 0.15) is 5.82 Å². The van der Waals surface area contributed by atoms with Crippen LogP contribution in [0.5, 0.6) is 0 Å². The quantitative estimate of drug-likeness (QED) is 0.657. The van der Waals surface area contributed by atoms with Crippen molar-refractivity contribution >= 4 is 23.0 Å². The maximum atomic E-state index is 13.0. The monoisotopic (exact) mass is 292 g/mol. The molecular formula is C14H17FN4S. The Morgan fingerprint density at radius 3 is 2.95 bits per heavy atom. The standard InChI is InChI=1S/C14H17FN4S/c1-11-6-9-19(18-11)8-3-7-16-14(20)17-13-5-2-4-12(15)10-13/h2,4-6,9-10H,3,7-8H2,1H3,(H2,16,17,20). The molecule has 1 aromatic heterocycles. The van der Waals surface area contributed by atoms with Crippen molar-refractivity contribution in [2.45, 2.75) is 19.9 Å². The minimum Gasteiger partial charge on any atom is -0.362 e. The predicted molar refractivity (Wildman–Crippen MR) is 82.2 cm³/mol. The number of nitrogens with zero attached hydrogens (tertiary/aromatic N) is 2. The van der Waals surface area contributed by atoms with Crippen molar-refractivity contribution in [1.29, 1.82) is 0 Å². The Labute approximate surface area is 123 Å². The van der Waals surface area contributed by atoms with Gasteiger partial charge in [-0.15, -0.1) is 0 Å². The van der Waals surface area contributed by atoms with Gasteiger partial charge in [0.05, 0.1) is 5.69 Å². The SMILES string of the molecule is Cc1ccn(CCCNC(=S)Nc2cccc(F)c2)n1. The zero-order valence-corrected chi connectivity index (χ0v) is 12.1. The maximum Gasteiger partial charge on any atom is 0.170 e. The zero-order valence-electron chi connectivity index (χ0n) is 11.3. The molecule has 106 valence electrons. The van der Waals surface area contributed by atoms with E-state index in [4.69, 9.17) is 12.2 Å². The summed E-state index contributed by atoms with van der Waals surface area (Å²) < 4.78 is 14.9. The number of thiocarbonyl (C=S) groups is 1. The van der Waals surface area contributed by atoms with Gasteiger partial charge in [0.15, 0.2) is 5.11 Å². The molecular weight excluding hydrogens is 275 g/mol. The first-order valence-corrected chi connectivity index (χ1v) is 6.85. The lowest BCUT2D eigenvalue weighted by Gasteiger charge is -2.10. The molecule has 0 aliphatic carbocycles. The number of anilines is 1. The van der Waals surface area contributed by atoms with E-state index < -0.39 is 0 Å². The molecule has 1 heterocycles. The zero-order chi connectivity index (χ0) is 14.4. The molecule has 0 aliphatic heterocycles. The molecule has 0 radical (unpaired) electrons. The maximum absolute atomic E-state index is 13.0. The Balaban J connectivity index is 1.67. The van der Waals surface area contributed by atoms with Crippen molar-refractivity contribution in [2.24, 2.45) is 0 Å². The fourth-order valence-corrected chi connectivity index (χ4v) is 1.99. The van der Waals surface area contributed by atoms with E-state index in [1.807, 2.05) is 23.9 Å². The van der Waals surface area contributed by atoms with Crippen LogP contribution in [0.15, 0.2) is 36.5 Å². The summed E-state index contributed by atoms with van der Waals surface area (Å²) in [5.74, 6) is -0.285. The first-order valence-electron chi connectivity index (χ1n) is 6.44. The molecule has 0 spiro atoms. The first kappa shape index (κ1) is 14.5. The highest BCUT2D eigenvalue weighted by molar-refractivity contribution is 7.80. The van der Waals surface area contributed by atoms with Crippen LogP contribution in [0.25, 0.3) is 0 Å². The number of nitrogens with one attached hydrogen (secondary N) is 2. The fraction of sp³-hybridized carbons (Fsp3) is 0.286. The second kappa shape index (κ2) is 7.00. The highest BCUT2D eigenvalue weighted by Crippen LogP contribution is 2.08. The number of halogens is 1. The minimum atomic E-state index is -0.285. The van der Waals surface area contributed by atoms with Gasteiger partial charge in [-0.05, 0) is 49.8 Å². The van der Waals surface area contributed by atoms with Gasteiger partial charge < -0.3 is 10.6 Å². The van der Waals surface area contributed by atoms with E-state index in [0.717, 1.165) is 25.2 Å². The second-order valence-electron chi connectivity index (χ2n) is 4.46. The topological polar surface area (TPSA) is 41.9 Å². The van der Waals surface area contributed by atoms with Gasteiger partial charge in [0.25, 0.3) is 0 Å². The van der Waals surface area contributed by atoms with Crippen LogP contribution in [0.3, 0.4) is 0 Å². The fourth-order valence-electron chi connectivity index (χ4n) is 1.77. The molecule has 6 heteroatoms. The van der Waals surface area contributed by atoms with Gasteiger partial charge in [-0.2, -0.15) is 5.10 Å². The van der Waals surface area contributed by atoms with Crippen LogP contribution in [0.4, 0.5) is 10.1 Å². The molecule has 0 saturated carbocycles. The minimum absolute atomic E-state index is 0.285. The van der Waals surface area contributed by atoms with E-state index in [-0.39, 0.29) is 5.82 Å². The third kappa shape index (κ3) is 4.62. The lowest BCUT2D eigenvalue weighted by molar-refractivity contribution is 0.570. The van der Waals surface area contributed by atoms with Crippen LogP contribution in [0.1, 0.15) is 12.1 Å². The Morgan fingerprint density at radius 2 is 2.25 bits per heavy atom. The number of benzene rings is 1. The van der Waals surface area contributed by atoms with Crippen LogP contribution < -0.4 is 10.6 Å². The summed E-state index contributed by atoms with van der Waals surface area (Å²) >= 11 is 5.15. The summed E-state index contributed by atoms with van der Waals surface area (Å²) in [5, 5.41) is 10.8. The van der Waals surface area contributed by atoms with E-state index in [2.05, 4.69) is 15.7 Å². The molecule has 20 heavy (non-hydrogen) atoms. The second-order valence-corrected chi connectivity index (χ2v) is 4.87. The molecule has 0 unspecified atom stereocenters. The number of aryl methyl sites for hydroxylation is 2. The Hall–Kier alpha value is -1.95. The summed E-state index contributed by atoms with van der Waals surface area (Å²) in [5.41, 5.74) is 1.66. The van der Waals surface area contributed by atoms with E-state index >= 15 is 0 Å². The Morgan fingerprint density at radius 1 is 1.40 bits per heavy atom. The van der Waals surface area contributed by atoms with Crippen molar-refractivity contribution in [1.82, 2.24) is 15.1 Å². The molecule has 0 fully saturated rings. The predicted octanol–water partition coefficient (Wildman–Crippen LogP) is 2.71. The summed E-state index contributed by atoms with van der Waals surface area (Å²) in [6.07, 6.45) is 2.87. The van der Waals surface area contributed by atoms with Gasteiger partial charge >= 0.3 is 0 Å². The van der Waals surface area contributed by atoms with E-state index in [0.29, 0.717) is 10.8 Å². The Bertz CT molecular complexity index is 582. The Kier molecular flexibility index (Phi) is 5.06. The summed E-state index contributed by atoms with van der Waals surface area (Å²) in [7, 11) is 0. The highest BCUT2D eigenvalue weighted by atomic mass is 32.1. The largest absolute Gasteiger partial charge is 0.362 e. The van der Waals surface area contributed by atoms with Crippen molar-refractivity contribution in [3.63, 3.8) is 0 Å². The van der Waals surface area contributed by atoms with Gasteiger partial charge in [-0.3, -0.25) is 4.68 Å². The van der Waals surface area contributed by atoms with Crippen LogP contribution in [0, 0.1) is 12.7 Å². The molecule has 0 bridgehead atoms. The highest BCUT2D eigenvalue weighted by Gasteiger charge is 1.99. The number of hydrogen-bond acceptors (Lipinski definition) is 2. The van der Waals surface area contributed by atoms with Gasteiger partial charge in [-0.1, -0.05) is 6.07 Å². The average Bonchev–Trinajstić information content (AvgIpc) is 2.80. The average molecular weight is 292 g/mol. The summed E-state index contributed by atoms with van der Waals surface area (Å²) in [6.45, 7) is 3.54. The van der Waals surface area contributed by atoms with Crippen molar-refractivity contribution < 1.29 is 4.39 Å². The lowest BCUT2D eigenvalue weighted by Crippen LogP contribution is -2.29. The third-order valence-corrected chi connectivity index (χ3v) is 2.95. The van der Waals surface area contributed by atoms with Gasteiger partial charge in [0, 0.05) is 25.0 Å². The molecule has 4 nitrogen and oxygen atoms in total. The molecule has 2 N–H and O–H groups in total. The van der Waals surface area contributed by atoms with Gasteiger partial charge in [0.2, 0.25) is 0 Å². The van der Waals surface area contributed by atoms with E-state index in [9.17, 15) is 4.39 Å². The third-order valence-electron chi connectivity index (χ3n) is 2.71. The molecule has 2 rings (SSSR count). The molecule has 1 aromatic carbocycles. The number of rotatable bonds is 5. The van der Waals surface area contributed by atoms with Crippen molar-refractivity contribution in [2.75, 3.05) is 11.9 Å². The molecule has 0 amide bonds. The molecule has 0 atom stereocenters. The van der Waals surface area contributed by atoms with Crippen LogP contribution in [-0.4, -0.2) is 21.4 Å². The number of hydrogen-bond donors (Lipinski definition) is 2.